The van der Waals surface area contributed by atoms with Crippen molar-refractivity contribution in [3.8, 4) is 0 Å². The van der Waals surface area contributed by atoms with Gasteiger partial charge in [0.25, 0.3) is 0 Å². The molecule has 3 heteroatoms. The van der Waals surface area contributed by atoms with Gasteiger partial charge in [0.2, 0.25) is 0 Å². The molecule has 0 aromatic carbocycles. The Morgan fingerprint density at radius 3 is 2.43 bits per heavy atom. The van der Waals surface area contributed by atoms with Crippen LogP contribution in [0.4, 0.5) is 4.79 Å². The third kappa shape index (κ3) is 2.02. The minimum atomic E-state index is -0.0796. The Balaban J connectivity index is 1.82. The summed E-state index contributed by atoms with van der Waals surface area (Å²) in [5.74, 6) is 0. The highest BCUT2D eigenvalue weighted by Crippen LogP contribution is 2.42. The standard InChI is InChI=1S/C11H19NO2/c1-2-11(6-7-11)14-10(13)12-8-4-3-5-9-12/h2-9H2,1H3. The maximum Gasteiger partial charge on any atom is 0.410 e. The van der Waals surface area contributed by atoms with E-state index in [0.717, 1.165) is 45.2 Å². The summed E-state index contributed by atoms with van der Waals surface area (Å²) in [5, 5.41) is 0. The fraction of sp³-hybridized carbons (Fsp3) is 0.909. The average Bonchev–Trinajstić information content (AvgIpc) is 3.00. The average molecular weight is 197 g/mol. The monoisotopic (exact) mass is 197 g/mol. The van der Waals surface area contributed by atoms with Crippen LogP contribution >= 0.6 is 0 Å². The number of ether oxygens (including phenoxy) is 1. The number of piperidine rings is 1. The van der Waals surface area contributed by atoms with Crippen molar-refractivity contribution >= 4 is 6.09 Å². The molecule has 3 nitrogen and oxygen atoms in total. The fourth-order valence-electron chi connectivity index (χ4n) is 1.99. The van der Waals surface area contributed by atoms with E-state index < -0.39 is 0 Å². The molecule has 0 aromatic heterocycles. The van der Waals surface area contributed by atoms with Gasteiger partial charge in [-0.2, -0.15) is 0 Å². The van der Waals surface area contributed by atoms with Gasteiger partial charge in [-0.25, -0.2) is 4.79 Å². The first-order valence-corrected chi connectivity index (χ1v) is 5.74. The van der Waals surface area contributed by atoms with Crippen molar-refractivity contribution in [2.75, 3.05) is 13.1 Å². The maximum atomic E-state index is 11.7. The van der Waals surface area contributed by atoms with E-state index in [1.807, 2.05) is 4.90 Å². The number of nitrogens with zero attached hydrogens (tertiary/aromatic N) is 1. The van der Waals surface area contributed by atoms with Crippen LogP contribution in [-0.4, -0.2) is 29.7 Å². The molecule has 1 saturated carbocycles. The predicted molar refractivity (Wildman–Crippen MR) is 54.2 cm³/mol. The molecule has 1 heterocycles. The molecule has 0 aromatic rings. The van der Waals surface area contributed by atoms with Gasteiger partial charge in [0.15, 0.2) is 0 Å². The van der Waals surface area contributed by atoms with E-state index in [1.54, 1.807) is 0 Å². The molecule has 2 fully saturated rings. The van der Waals surface area contributed by atoms with Crippen molar-refractivity contribution in [3.05, 3.63) is 0 Å². The van der Waals surface area contributed by atoms with Gasteiger partial charge in [0.05, 0.1) is 0 Å². The van der Waals surface area contributed by atoms with Crippen LogP contribution in [0.5, 0.6) is 0 Å². The van der Waals surface area contributed by atoms with Gasteiger partial charge in [0, 0.05) is 13.1 Å². The van der Waals surface area contributed by atoms with E-state index in [-0.39, 0.29) is 11.7 Å². The lowest BCUT2D eigenvalue weighted by Crippen LogP contribution is -2.38. The van der Waals surface area contributed by atoms with Gasteiger partial charge < -0.3 is 9.64 Å². The summed E-state index contributed by atoms with van der Waals surface area (Å²) in [7, 11) is 0. The highest BCUT2D eigenvalue weighted by atomic mass is 16.6. The smallest absolute Gasteiger partial charge is 0.410 e. The second kappa shape index (κ2) is 3.79. The third-order valence-electron chi connectivity index (χ3n) is 3.37. The molecular formula is C11H19NO2. The lowest BCUT2D eigenvalue weighted by atomic mass is 10.1. The van der Waals surface area contributed by atoms with Crippen LogP contribution in [0.1, 0.15) is 45.4 Å². The van der Waals surface area contributed by atoms with E-state index in [9.17, 15) is 4.79 Å². The zero-order valence-electron chi connectivity index (χ0n) is 8.92. The van der Waals surface area contributed by atoms with Crippen molar-refractivity contribution in [1.82, 2.24) is 4.90 Å². The van der Waals surface area contributed by atoms with Crippen LogP contribution in [-0.2, 0) is 4.74 Å². The molecule has 14 heavy (non-hydrogen) atoms. The molecular weight excluding hydrogens is 178 g/mol. The summed E-state index contributed by atoms with van der Waals surface area (Å²) in [4.78, 5) is 13.6. The normalized spacial score (nSPS) is 24.5. The Kier molecular flexibility index (Phi) is 2.66. The minimum absolute atomic E-state index is 0.0749. The van der Waals surface area contributed by atoms with Crippen molar-refractivity contribution < 1.29 is 9.53 Å². The van der Waals surface area contributed by atoms with E-state index in [4.69, 9.17) is 4.74 Å². The van der Waals surface area contributed by atoms with E-state index in [0.29, 0.717) is 0 Å². The molecule has 0 unspecified atom stereocenters. The second-order valence-corrected chi connectivity index (χ2v) is 4.45. The quantitative estimate of drug-likeness (QED) is 0.681. The molecule has 1 aliphatic carbocycles. The molecule has 1 saturated heterocycles. The molecule has 2 aliphatic rings. The maximum absolute atomic E-state index is 11.7. The summed E-state index contributed by atoms with van der Waals surface area (Å²) >= 11 is 0. The lowest BCUT2D eigenvalue weighted by molar-refractivity contribution is 0.0437. The second-order valence-electron chi connectivity index (χ2n) is 4.45. The lowest BCUT2D eigenvalue weighted by Gasteiger charge is -2.28. The van der Waals surface area contributed by atoms with E-state index in [1.165, 1.54) is 6.42 Å². The summed E-state index contributed by atoms with van der Waals surface area (Å²) in [6, 6.07) is 0. The highest BCUT2D eigenvalue weighted by Gasteiger charge is 2.45. The molecule has 0 spiro atoms. The van der Waals surface area contributed by atoms with Crippen LogP contribution < -0.4 is 0 Å². The Morgan fingerprint density at radius 2 is 1.93 bits per heavy atom. The van der Waals surface area contributed by atoms with Crippen molar-refractivity contribution in [2.24, 2.45) is 0 Å². The first-order chi connectivity index (χ1) is 6.76. The Morgan fingerprint density at radius 1 is 1.29 bits per heavy atom. The van der Waals surface area contributed by atoms with Gasteiger partial charge in [0.1, 0.15) is 5.60 Å². The zero-order valence-corrected chi connectivity index (χ0v) is 8.92. The number of hydrogen-bond donors (Lipinski definition) is 0. The first-order valence-electron chi connectivity index (χ1n) is 5.74. The Hall–Kier alpha value is -0.730. The van der Waals surface area contributed by atoms with Gasteiger partial charge >= 0.3 is 6.09 Å². The minimum Gasteiger partial charge on any atom is -0.443 e. The van der Waals surface area contributed by atoms with Gasteiger partial charge in [-0.15, -0.1) is 0 Å². The third-order valence-corrected chi connectivity index (χ3v) is 3.37. The molecule has 80 valence electrons. The van der Waals surface area contributed by atoms with Gasteiger partial charge in [-0.05, 0) is 38.5 Å². The van der Waals surface area contributed by atoms with Gasteiger partial charge in [-0.3, -0.25) is 0 Å². The molecule has 2 rings (SSSR count). The summed E-state index contributed by atoms with van der Waals surface area (Å²) in [6.07, 6.45) is 6.52. The predicted octanol–water partition coefficient (Wildman–Crippen LogP) is 2.55. The topological polar surface area (TPSA) is 29.5 Å². The zero-order chi connectivity index (χ0) is 10.0. The largest absolute Gasteiger partial charge is 0.443 e. The first kappa shape index (κ1) is 9.81. The van der Waals surface area contributed by atoms with Crippen molar-refractivity contribution in [1.29, 1.82) is 0 Å². The van der Waals surface area contributed by atoms with Crippen LogP contribution in [0.25, 0.3) is 0 Å². The van der Waals surface area contributed by atoms with Crippen molar-refractivity contribution in [2.45, 2.75) is 51.0 Å². The number of carbonyl (C=O) groups is 1. The van der Waals surface area contributed by atoms with Gasteiger partial charge in [-0.1, -0.05) is 6.92 Å². The number of likely N-dealkylation sites (tertiary alicyclic amines) is 1. The summed E-state index contributed by atoms with van der Waals surface area (Å²) < 4.78 is 5.52. The molecule has 1 aliphatic heterocycles. The number of carbonyl (C=O) groups excluding carboxylic acids is 1. The van der Waals surface area contributed by atoms with E-state index >= 15 is 0 Å². The van der Waals surface area contributed by atoms with Crippen LogP contribution in [0.2, 0.25) is 0 Å². The Bertz CT molecular complexity index is 217. The fourth-order valence-corrected chi connectivity index (χ4v) is 1.99. The number of rotatable bonds is 2. The molecule has 0 N–H and O–H groups in total. The molecule has 0 atom stereocenters. The molecule has 0 radical (unpaired) electrons. The molecule has 0 bridgehead atoms. The molecule has 1 amide bonds. The number of amides is 1. The number of hydrogen-bond acceptors (Lipinski definition) is 2. The van der Waals surface area contributed by atoms with Crippen molar-refractivity contribution in [3.63, 3.8) is 0 Å². The Labute approximate surface area is 85.4 Å². The van der Waals surface area contributed by atoms with Crippen LogP contribution in [0.3, 0.4) is 0 Å². The SMILES string of the molecule is CCC1(OC(=O)N2CCCCC2)CC1. The van der Waals surface area contributed by atoms with Crippen LogP contribution in [0.15, 0.2) is 0 Å². The van der Waals surface area contributed by atoms with Crippen LogP contribution in [0, 0.1) is 0 Å². The summed E-state index contributed by atoms with van der Waals surface area (Å²) in [5.41, 5.74) is -0.0749. The van der Waals surface area contributed by atoms with E-state index in [2.05, 4.69) is 6.92 Å². The highest BCUT2D eigenvalue weighted by molar-refractivity contribution is 5.68. The summed E-state index contributed by atoms with van der Waals surface area (Å²) in [6.45, 7) is 3.87.